The lowest BCUT2D eigenvalue weighted by Gasteiger charge is -2.12. The summed E-state index contributed by atoms with van der Waals surface area (Å²) in [6.07, 6.45) is 1.60. The van der Waals surface area contributed by atoms with Gasteiger partial charge in [0.15, 0.2) is 0 Å². The number of carbonyl (C=O) groups excluding carboxylic acids is 1. The van der Waals surface area contributed by atoms with Gasteiger partial charge in [0.1, 0.15) is 5.75 Å². The first-order valence-corrected chi connectivity index (χ1v) is 7.03. The van der Waals surface area contributed by atoms with Gasteiger partial charge in [0, 0.05) is 34.4 Å². The van der Waals surface area contributed by atoms with Crippen LogP contribution in [0, 0.1) is 6.92 Å². The van der Waals surface area contributed by atoms with Crippen LogP contribution >= 0.6 is 0 Å². The van der Waals surface area contributed by atoms with Crippen molar-refractivity contribution in [1.82, 2.24) is 5.32 Å². The maximum Gasteiger partial charge on any atom is 0.251 e. The number of phenols is 1. The first-order chi connectivity index (χ1) is 7.90. The topological polar surface area (TPSA) is 66.4 Å². The van der Waals surface area contributed by atoms with E-state index in [-0.39, 0.29) is 17.7 Å². The Labute approximate surface area is 104 Å². The van der Waals surface area contributed by atoms with E-state index in [4.69, 9.17) is 0 Å². The predicted molar refractivity (Wildman–Crippen MR) is 68.7 cm³/mol. The van der Waals surface area contributed by atoms with Gasteiger partial charge in [-0.25, -0.2) is 0 Å². The zero-order valence-electron chi connectivity index (χ0n) is 10.2. The third-order valence-electron chi connectivity index (χ3n) is 2.33. The number of nitrogens with one attached hydrogen (secondary N) is 1. The third kappa shape index (κ3) is 4.19. The molecule has 0 bridgehead atoms. The van der Waals surface area contributed by atoms with E-state index < -0.39 is 10.8 Å². The van der Waals surface area contributed by atoms with Gasteiger partial charge in [-0.15, -0.1) is 0 Å². The fraction of sp³-hybridized carbons (Fsp3) is 0.417. The molecule has 1 rings (SSSR count). The van der Waals surface area contributed by atoms with Gasteiger partial charge >= 0.3 is 0 Å². The summed E-state index contributed by atoms with van der Waals surface area (Å²) >= 11 is 0. The zero-order chi connectivity index (χ0) is 13.0. The molecule has 2 N–H and O–H groups in total. The smallest absolute Gasteiger partial charge is 0.251 e. The molecule has 5 heteroatoms. The lowest BCUT2D eigenvalue weighted by Crippen LogP contribution is -2.36. The van der Waals surface area contributed by atoms with Gasteiger partial charge in [-0.05, 0) is 31.5 Å². The molecule has 1 aromatic rings. The summed E-state index contributed by atoms with van der Waals surface area (Å²) in [5, 5.41) is 12.2. The van der Waals surface area contributed by atoms with Crippen LogP contribution in [0.25, 0.3) is 0 Å². The average Bonchev–Trinajstić information content (AvgIpc) is 2.20. The fourth-order valence-electron chi connectivity index (χ4n) is 1.45. The molecule has 0 aliphatic carbocycles. The molecule has 0 aromatic heterocycles. The van der Waals surface area contributed by atoms with E-state index in [2.05, 4.69) is 5.32 Å². The molecule has 0 fully saturated rings. The summed E-state index contributed by atoms with van der Waals surface area (Å²) in [4.78, 5) is 11.8. The Morgan fingerprint density at radius 3 is 2.71 bits per heavy atom. The predicted octanol–water partition coefficient (Wildman–Crippen LogP) is 1.20. The van der Waals surface area contributed by atoms with E-state index in [0.29, 0.717) is 11.3 Å². The Hall–Kier alpha value is -1.36. The molecule has 0 saturated heterocycles. The Bertz CT molecular complexity index is 445. The minimum absolute atomic E-state index is 0.101. The normalized spacial score (nSPS) is 14.1. The van der Waals surface area contributed by atoms with Gasteiger partial charge in [0.05, 0.1) is 0 Å². The van der Waals surface area contributed by atoms with Gasteiger partial charge in [-0.2, -0.15) is 0 Å². The van der Waals surface area contributed by atoms with Crippen LogP contribution in [0.15, 0.2) is 18.2 Å². The van der Waals surface area contributed by atoms with Crippen molar-refractivity contribution in [3.63, 3.8) is 0 Å². The van der Waals surface area contributed by atoms with E-state index >= 15 is 0 Å². The van der Waals surface area contributed by atoms with Gasteiger partial charge in [0.25, 0.3) is 5.91 Å². The van der Waals surface area contributed by atoms with E-state index in [1.807, 2.05) is 0 Å². The number of amides is 1. The largest absolute Gasteiger partial charge is 0.508 e. The van der Waals surface area contributed by atoms with Crippen molar-refractivity contribution >= 4 is 16.7 Å². The van der Waals surface area contributed by atoms with Crippen molar-refractivity contribution in [2.24, 2.45) is 0 Å². The minimum Gasteiger partial charge on any atom is -0.508 e. The average molecular weight is 255 g/mol. The number of aromatic hydroxyl groups is 1. The standard InChI is InChI=1S/C12H17NO3S/c1-8-4-5-10(6-11(8)14)12(15)13-9(2)7-17(3)16/h4-6,9,14H,7H2,1-3H3,(H,13,15). The van der Waals surface area contributed by atoms with Crippen LogP contribution in [0.2, 0.25) is 0 Å². The van der Waals surface area contributed by atoms with E-state index in [9.17, 15) is 14.1 Å². The van der Waals surface area contributed by atoms with Gasteiger partial charge in [-0.3, -0.25) is 9.00 Å². The highest BCUT2D eigenvalue weighted by molar-refractivity contribution is 7.84. The van der Waals surface area contributed by atoms with Gasteiger partial charge in [0.2, 0.25) is 0 Å². The van der Waals surface area contributed by atoms with Crippen LogP contribution in [0.4, 0.5) is 0 Å². The molecule has 17 heavy (non-hydrogen) atoms. The van der Waals surface area contributed by atoms with Crippen molar-refractivity contribution in [2.45, 2.75) is 19.9 Å². The monoisotopic (exact) mass is 255 g/mol. The van der Waals surface area contributed by atoms with Gasteiger partial charge in [-0.1, -0.05) is 6.07 Å². The number of aryl methyl sites for hydroxylation is 1. The van der Waals surface area contributed by atoms with Crippen LogP contribution in [-0.4, -0.2) is 33.3 Å². The number of hydrogen-bond acceptors (Lipinski definition) is 3. The molecule has 1 aromatic carbocycles. The lowest BCUT2D eigenvalue weighted by atomic mass is 10.1. The van der Waals surface area contributed by atoms with Crippen LogP contribution in [-0.2, 0) is 10.8 Å². The quantitative estimate of drug-likeness (QED) is 0.849. The molecule has 2 unspecified atom stereocenters. The molecule has 2 atom stereocenters. The van der Waals surface area contributed by atoms with Gasteiger partial charge < -0.3 is 10.4 Å². The van der Waals surface area contributed by atoms with Crippen molar-refractivity contribution in [3.8, 4) is 5.75 Å². The minimum atomic E-state index is -0.941. The lowest BCUT2D eigenvalue weighted by molar-refractivity contribution is 0.0943. The Balaban J connectivity index is 2.70. The molecule has 0 aliphatic heterocycles. The molecule has 1 amide bonds. The maximum atomic E-state index is 11.8. The van der Waals surface area contributed by atoms with Crippen LogP contribution in [0.1, 0.15) is 22.8 Å². The molecule has 0 heterocycles. The highest BCUT2D eigenvalue weighted by atomic mass is 32.2. The Morgan fingerprint density at radius 2 is 2.18 bits per heavy atom. The van der Waals surface area contributed by atoms with E-state index in [1.165, 1.54) is 6.07 Å². The Morgan fingerprint density at radius 1 is 1.53 bits per heavy atom. The van der Waals surface area contributed by atoms with E-state index in [1.54, 1.807) is 32.2 Å². The van der Waals surface area contributed by atoms with Crippen LogP contribution < -0.4 is 5.32 Å². The molecular formula is C12H17NO3S. The number of phenolic OH excluding ortho intramolecular Hbond substituents is 1. The molecule has 4 nitrogen and oxygen atoms in total. The molecule has 0 spiro atoms. The first-order valence-electron chi connectivity index (χ1n) is 5.30. The van der Waals surface area contributed by atoms with Crippen molar-refractivity contribution < 1.29 is 14.1 Å². The second kappa shape index (κ2) is 5.82. The summed E-state index contributed by atoms with van der Waals surface area (Å²) in [5.74, 6) is 0.256. The summed E-state index contributed by atoms with van der Waals surface area (Å²) in [6.45, 7) is 3.56. The van der Waals surface area contributed by atoms with Crippen molar-refractivity contribution in [2.75, 3.05) is 12.0 Å². The van der Waals surface area contributed by atoms with Crippen LogP contribution in [0.3, 0.4) is 0 Å². The summed E-state index contributed by atoms with van der Waals surface area (Å²) in [6, 6.07) is 4.62. The van der Waals surface area contributed by atoms with Crippen LogP contribution in [0.5, 0.6) is 5.75 Å². The fourth-order valence-corrected chi connectivity index (χ4v) is 2.24. The number of benzene rings is 1. The number of hydrogen-bond donors (Lipinski definition) is 2. The zero-order valence-corrected chi connectivity index (χ0v) is 11.0. The highest BCUT2D eigenvalue weighted by Crippen LogP contribution is 2.17. The van der Waals surface area contributed by atoms with Crippen molar-refractivity contribution in [1.29, 1.82) is 0 Å². The molecule has 0 saturated carbocycles. The summed E-state index contributed by atoms with van der Waals surface area (Å²) < 4.78 is 11.0. The number of carbonyl (C=O) groups is 1. The number of rotatable bonds is 4. The second-order valence-electron chi connectivity index (χ2n) is 4.12. The maximum absolute atomic E-state index is 11.8. The highest BCUT2D eigenvalue weighted by Gasteiger charge is 2.11. The third-order valence-corrected chi connectivity index (χ3v) is 3.30. The SMILES string of the molecule is Cc1ccc(C(=O)NC(C)CS(C)=O)cc1O. The summed E-state index contributed by atoms with van der Waals surface area (Å²) in [7, 11) is -0.941. The Kier molecular flexibility index (Phi) is 4.69. The summed E-state index contributed by atoms with van der Waals surface area (Å²) in [5.41, 5.74) is 1.13. The van der Waals surface area contributed by atoms with Crippen molar-refractivity contribution in [3.05, 3.63) is 29.3 Å². The molecule has 0 radical (unpaired) electrons. The second-order valence-corrected chi connectivity index (χ2v) is 5.60. The first kappa shape index (κ1) is 13.7. The van der Waals surface area contributed by atoms with E-state index in [0.717, 1.165) is 5.56 Å². The molecule has 0 aliphatic rings. The molecular weight excluding hydrogens is 238 g/mol. The molecule has 94 valence electrons.